The molecule has 6 aliphatic heterocycles. The summed E-state index contributed by atoms with van der Waals surface area (Å²) in [7, 11) is 0. The van der Waals surface area contributed by atoms with Crippen molar-refractivity contribution in [1.29, 1.82) is 0 Å². The molecule has 2 aromatic heterocycles. The predicted molar refractivity (Wildman–Crippen MR) is 326 cm³/mol. The van der Waals surface area contributed by atoms with E-state index in [1.54, 1.807) is 0 Å². The highest BCUT2D eigenvalue weighted by Crippen LogP contribution is 2.54. The van der Waals surface area contributed by atoms with Crippen molar-refractivity contribution in [2.24, 2.45) is 0 Å². The molecule has 1 aliphatic carbocycles. The van der Waals surface area contributed by atoms with Crippen molar-refractivity contribution in [3.05, 3.63) is 168 Å². The second-order valence-corrected chi connectivity index (χ2v) is 23.5. The molecule has 0 amide bonds. The van der Waals surface area contributed by atoms with Gasteiger partial charge in [-0.3, -0.25) is 0 Å². The molecule has 8 bridgehead atoms. The third-order valence-electron chi connectivity index (χ3n) is 19.2. The predicted octanol–water partition coefficient (Wildman–Crippen LogP) is 17.5. The Balaban J connectivity index is 1.18. The zero-order valence-electron chi connectivity index (χ0n) is 45.0. The lowest BCUT2D eigenvalue weighted by Crippen LogP contribution is -2.16. The number of aromatic amines is 2. The Kier molecular flexibility index (Phi) is 11.2. The molecule has 8 heterocycles. The van der Waals surface area contributed by atoms with Crippen LogP contribution in [-0.2, 0) is 18.9 Å². The number of hydrogen-bond acceptors (Lipinski definition) is 6. The Labute approximate surface area is 464 Å². The Hall–Kier alpha value is -7.72. The maximum absolute atomic E-state index is 6.31. The number of nitrogens with one attached hydrogen (secondary N) is 2. The summed E-state index contributed by atoms with van der Waals surface area (Å²) in [6.07, 6.45) is 7.20. The largest absolute Gasteiger partial charge is 0.381 e. The topological polar surface area (TPSA) is 94.3 Å². The molecule has 0 unspecified atom stereocenters. The normalized spacial score (nSPS) is 17.8. The van der Waals surface area contributed by atoms with Crippen molar-refractivity contribution >= 4 is 86.7 Å². The lowest BCUT2D eigenvalue weighted by atomic mass is 9.84. The van der Waals surface area contributed by atoms with Gasteiger partial charge in [-0.25, -0.2) is 9.97 Å². The van der Waals surface area contributed by atoms with Gasteiger partial charge in [0.1, 0.15) is 0 Å². The minimum atomic E-state index is 0.177. The molecule has 0 saturated carbocycles. The van der Waals surface area contributed by atoms with Gasteiger partial charge >= 0.3 is 0 Å². The molecule has 0 radical (unpaired) electrons. The van der Waals surface area contributed by atoms with Crippen LogP contribution in [0.2, 0.25) is 0 Å². The summed E-state index contributed by atoms with van der Waals surface area (Å²) in [5.74, 6) is 0.708. The molecule has 4 fully saturated rings. The van der Waals surface area contributed by atoms with E-state index in [2.05, 4.69) is 156 Å². The maximum Gasteiger partial charge on any atom is 0.0772 e. The van der Waals surface area contributed by atoms with Gasteiger partial charge in [-0.15, -0.1) is 0 Å². The molecule has 8 aromatic carbocycles. The smallest absolute Gasteiger partial charge is 0.0772 e. The quantitative estimate of drug-likeness (QED) is 0.182. The fraction of sp³-hybridized carbons (Fsp3) is 0.278. The number of hydrogen-bond donors (Lipinski definition) is 2. The van der Waals surface area contributed by atoms with Crippen LogP contribution in [0.25, 0.3) is 132 Å². The molecule has 0 atom stereocenters. The highest BCUT2D eigenvalue weighted by Gasteiger charge is 2.36. The van der Waals surface area contributed by atoms with Crippen LogP contribution in [-0.4, -0.2) is 72.8 Å². The number of aromatic nitrogens is 4. The highest BCUT2D eigenvalue weighted by molar-refractivity contribution is 6.19. The molecule has 7 aliphatic rings. The van der Waals surface area contributed by atoms with E-state index in [-0.39, 0.29) is 23.7 Å². The number of ether oxygens (including phenoxy) is 4. The van der Waals surface area contributed by atoms with Crippen molar-refractivity contribution in [2.45, 2.75) is 75.0 Å². The molecule has 394 valence electrons. The van der Waals surface area contributed by atoms with Gasteiger partial charge in [0.05, 0.1) is 44.8 Å². The molecule has 80 heavy (non-hydrogen) atoms. The van der Waals surface area contributed by atoms with Crippen LogP contribution < -0.4 is 0 Å². The molecular weight excluding hydrogens is 985 g/mol. The second-order valence-electron chi connectivity index (χ2n) is 23.5. The van der Waals surface area contributed by atoms with Gasteiger partial charge in [-0.1, -0.05) is 97.1 Å². The first-order valence-corrected chi connectivity index (χ1v) is 29.6. The first-order valence-electron chi connectivity index (χ1n) is 29.6. The van der Waals surface area contributed by atoms with E-state index in [4.69, 9.17) is 28.9 Å². The molecule has 8 heteroatoms. The fourth-order valence-electron chi connectivity index (χ4n) is 15.2. The van der Waals surface area contributed by atoms with Gasteiger partial charge in [0, 0.05) is 119 Å². The fourth-order valence-corrected chi connectivity index (χ4v) is 15.2. The van der Waals surface area contributed by atoms with Crippen LogP contribution in [0.5, 0.6) is 0 Å². The number of H-pyrrole nitrogens is 2. The van der Waals surface area contributed by atoms with Gasteiger partial charge < -0.3 is 28.9 Å². The van der Waals surface area contributed by atoms with Crippen LogP contribution in [0.1, 0.15) is 97.3 Å². The first-order chi connectivity index (χ1) is 39.7. The third-order valence-corrected chi connectivity index (χ3v) is 19.2. The lowest BCUT2D eigenvalue weighted by Gasteiger charge is -2.24. The van der Waals surface area contributed by atoms with Crippen molar-refractivity contribution in [1.82, 2.24) is 19.9 Å². The van der Waals surface area contributed by atoms with E-state index in [0.717, 1.165) is 96.2 Å². The van der Waals surface area contributed by atoms with Gasteiger partial charge in [0.2, 0.25) is 0 Å². The van der Waals surface area contributed by atoms with Crippen LogP contribution in [0.15, 0.2) is 146 Å². The molecule has 0 spiro atoms. The van der Waals surface area contributed by atoms with E-state index >= 15 is 0 Å². The first kappa shape index (κ1) is 47.1. The molecule has 2 N–H and O–H groups in total. The summed E-state index contributed by atoms with van der Waals surface area (Å²) in [6.45, 7) is 5.61. The second kappa shape index (κ2) is 19.0. The summed E-state index contributed by atoms with van der Waals surface area (Å²) in [6, 6.07) is 55.4. The van der Waals surface area contributed by atoms with Crippen LogP contribution >= 0.6 is 0 Å². The van der Waals surface area contributed by atoms with Crippen molar-refractivity contribution in [2.75, 3.05) is 52.9 Å². The zero-order chi connectivity index (χ0) is 52.4. The van der Waals surface area contributed by atoms with E-state index in [1.807, 2.05) is 0 Å². The van der Waals surface area contributed by atoms with E-state index in [1.165, 1.54) is 109 Å². The molecule has 4 saturated heterocycles. The molecule has 10 aromatic rings. The summed E-state index contributed by atoms with van der Waals surface area (Å²) in [4.78, 5) is 21.5. The maximum atomic E-state index is 6.31. The van der Waals surface area contributed by atoms with Gasteiger partial charge in [0.15, 0.2) is 0 Å². The Morgan fingerprint density at radius 2 is 0.475 bits per heavy atom. The summed E-state index contributed by atoms with van der Waals surface area (Å²) < 4.78 is 25.1. The monoisotopic (exact) mass is 1050 g/mol. The number of fused-ring (bicyclic) bond motifs is 4. The van der Waals surface area contributed by atoms with Crippen LogP contribution in [0.3, 0.4) is 0 Å². The van der Waals surface area contributed by atoms with Gasteiger partial charge in [-0.2, -0.15) is 0 Å². The average molecular weight is 1050 g/mol. The number of rotatable bonds is 4. The zero-order valence-corrected chi connectivity index (χ0v) is 45.0. The van der Waals surface area contributed by atoms with Crippen molar-refractivity contribution < 1.29 is 18.9 Å². The Morgan fingerprint density at radius 1 is 0.275 bits per heavy atom. The highest BCUT2D eigenvalue weighted by atomic mass is 16.5. The summed E-state index contributed by atoms with van der Waals surface area (Å²) in [5.41, 5.74) is 18.8. The number of nitrogens with zero attached hydrogens (tertiary/aromatic N) is 2. The van der Waals surface area contributed by atoms with E-state index in [9.17, 15) is 0 Å². The molecule has 17 rings (SSSR count). The van der Waals surface area contributed by atoms with Crippen LogP contribution in [0, 0.1) is 0 Å². The van der Waals surface area contributed by atoms with Crippen molar-refractivity contribution in [3.8, 4) is 45.0 Å². The summed E-state index contributed by atoms with van der Waals surface area (Å²) in [5, 5.41) is 14.7. The minimum absolute atomic E-state index is 0.177. The lowest BCUT2D eigenvalue weighted by molar-refractivity contribution is 0.0855. The molecular formula is C72H62N4O4. The van der Waals surface area contributed by atoms with Gasteiger partial charge in [0.25, 0.3) is 0 Å². The van der Waals surface area contributed by atoms with E-state index in [0.29, 0.717) is 52.9 Å². The Morgan fingerprint density at radius 3 is 0.688 bits per heavy atom. The van der Waals surface area contributed by atoms with E-state index < -0.39 is 0 Å². The SMILES string of the molecule is c1ccc2cc3c(cc2c1)-c1nc-3c(C2CCOCC2)c2[nH]c(c(C3CCOCC3)c3nc(c(C4CCOCC4)c4[nH]c(c1C1CCOCC1)c1cc5ccccc5cc41)-c1cc4ccccc4cc1-3)c1cc3ccccc3cc21. The minimum Gasteiger partial charge on any atom is -0.381 e. The van der Waals surface area contributed by atoms with Crippen LogP contribution in [0.4, 0.5) is 0 Å². The average Bonchev–Trinajstić information content (AvgIpc) is 4.34. The van der Waals surface area contributed by atoms with Crippen molar-refractivity contribution in [3.63, 3.8) is 0 Å². The molecule has 8 nitrogen and oxygen atoms in total. The Bertz CT molecular complexity index is 3980. The third kappa shape index (κ3) is 7.49. The number of benzene rings is 8. The van der Waals surface area contributed by atoms with Gasteiger partial charge in [-0.05, 0) is 167 Å². The summed E-state index contributed by atoms with van der Waals surface area (Å²) >= 11 is 0. The standard InChI is InChI=1S/C72H62N4O4/c1-2-10-46-34-54-53(33-45(46)9-1)65-61(41-17-25-77-26-18-41)67-55-35-47-11-3-4-12-48(47)36-56(55)69(74-67)63(43-21-29-79-30-22-43)71-59-39-51-15-7-8-16-52(51)40-60(59)72(76-71)64(44-23-31-80-32-24-44)70-58-38-50-14-6-5-13-49(50)37-57(58)68(75-70)62(66(54)73-65)42-19-27-78-28-20-42/h1-16,33-44,73,76H,17-32H2.